The molecule has 1 aliphatic heterocycles. The van der Waals surface area contributed by atoms with E-state index in [1.165, 1.54) is 0 Å². The number of halogens is 1. The third kappa shape index (κ3) is 4.42. The number of aromatic nitrogens is 4. The summed E-state index contributed by atoms with van der Waals surface area (Å²) in [7, 11) is 1.70. The second kappa shape index (κ2) is 8.90. The highest BCUT2D eigenvalue weighted by molar-refractivity contribution is 6.30. The van der Waals surface area contributed by atoms with Crippen LogP contribution in [0.25, 0.3) is 5.69 Å². The molecule has 0 bridgehead atoms. The van der Waals surface area contributed by atoms with Gasteiger partial charge in [-0.15, -0.1) is 5.10 Å². The fourth-order valence-electron chi connectivity index (χ4n) is 3.79. The molecule has 1 fully saturated rings. The molecular formula is C21H25ClN6O. The molecule has 3 aromatic rings. The van der Waals surface area contributed by atoms with Gasteiger partial charge in [0.1, 0.15) is 5.75 Å². The number of benzene rings is 2. The lowest BCUT2D eigenvalue weighted by atomic mass is 10.1. The van der Waals surface area contributed by atoms with Crippen LogP contribution in [0.5, 0.6) is 5.75 Å². The molecule has 0 amide bonds. The van der Waals surface area contributed by atoms with E-state index in [2.05, 4.69) is 32.2 Å². The Kier molecular flexibility index (Phi) is 6.08. The molecule has 0 N–H and O–H groups in total. The lowest BCUT2D eigenvalue weighted by molar-refractivity contribution is 0.0934. The molecular weight excluding hydrogens is 388 g/mol. The molecule has 0 spiro atoms. The molecule has 152 valence electrons. The van der Waals surface area contributed by atoms with E-state index >= 15 is 0 Å². The SMILES string of the molecule is COc1ccc(Cl)cc1CN1CCN(C(C)c2nnnn2-c2ccccc2)CC1. The Bertz CT molecular complexity index is 939. The molecule has 8 heteroatoms. The van der Waals surface area contributed by atoms with E-state index in [1.54, 1.807) is 7.11 Å². The van der Waals surface area contributed by atoms with Crippen molar-refractivity contribution in [1.82, 2.24) is 30.0 Å². The maximum atomic E-state index is 6.18. The lowest BCUT2D eigenvalue weighted by Crippen LogP contribution is -2.47. The lowest BCUT2D eigenvalue weighted by Gasteiger charge is -2.37. The zero-order valence-corrected chi connectivity index (χ0v) is 17.5. The predicted octanol–water partition coefficient (Wildman–Crippen LogP) is 3.20. The van der Waals surface area contributed by atoms with Gasteiger partial charge in [-0.1, -0.05) is 29.8 Å². The van der Waals surface area contributed by atoms with Crippen LogP contribution in [-0.2, 0) is 6.54 Å². The largest absolute Gasteiger partial charge is 0.496 e. The van der Waals surface area contributed by atoms with E-state index < -0.39 is 0 Å². The summed E-state index contributed by atoms with van der Waals surface area (Å²) in [5, 5.41) is 13.1. The second-order valence-corrected chi connectivity index (χ2v) is 7.67. The molecule has 1 saturated heterocycles. The first-order chi connectivity index (χ1) is 14.2. The van der Waals surface area contributed by atoms with Crippen molar-refractivity contribution in [3.8, 4) is 11.4 Å². The number of rotatable bonds is 6. The summed E-state index contributed by atoms with van der Waals surface area (Å²) < 4.78 is 7.31. The Labute approximate surface area is 175 Å². The molecule has 0 saturated carbocycles. The Hall–Kier alpha value is -2.48. The fraction of sp³-hybridized carbons (Fsp3) is 0.381. The van der Waals surface area contributed by atoms with Crippen molar-refractivity contribution in [1.29, 1.82) is 0 Å². The molecule has 0 aliphatic carbocycles. The van der Waals surface area contributed by atoms with E-state index in [9.17, 15) is 0 Å². The van der Waals surface area contributed by atoms with Crippen LogP contribution in [0.4, 0.5) is 0 Å². The van der Waals surface area contributed by atoms with Gasteiger partial charge >= 0.3 is 0 Å². The van der Waals surface area contributed by atoms with Gasteiger partial charge in [0.05, 0.1) is 18.8 Å². The van der Waals surface area contributed by atoms with Gasteiger partial charge in [0, 0.05) is 43.3 Å². The Morgan fingerprint density at radius 1 is 1.07 bits per heavy atom. The summed E-state index contributed by atoms with van der Waals surface area (Å²) in [6.45, 7) is 6.83. The standard InChI is InChI=1S/C21H25ClN6O/c1-16(21-23-24-25-28(21)19-6-4-3-5-7-19)27-12-10-26(11-13-27)15-17-14-18(22)8-9-20(17)29-2/h3-9,14,16H,10-13,15H2,1-2H3. The molecule has 4 rings (SSSR count). The van der Waals surface area contributed by atoms with Gasteiger partial charge in [-0.25, -0.2) is 0 Å². The normalized spacial score (nSPS) is 16.7. The third-order valence-corrected chi connectivity index (χ3v) is 5.69. The maximum Gasteiger partial charge on any atom is 0.173 e. The molecule has 2 heterocycles. The first-order valence-corrected chi connectivity index (χ1v) is 10.2. The number of piperazine rings is 1. The van der Waals surface area contributed by atoms with Gasteiger partial charge in [-0.3, -0.25) is 9.80 Å². The van der Waals surface area contributed by atoms with E-state index in [4.69, 9.17) is 16.3 Å². The van der Waals surface area contributed by atoms with E-state index in [-0.39, 0.29) is 6.04 Å². The summed E-state index contributed by atoms with van der Waals surface area (Å²) in [4.78, 5) is 4.86. The monoisotopic (exact) mass is 412 g/mol. The van der Waals surface area contributed by atoms with E-state index in [1.807, 2.05) is 53.2 Å². The van der Waals surface area contributed by atoms with Crippen LogP contribution in [0.2, 0.25) is 5.02 Å². The average molecular weight is 413 g/mol. The fourth-order valence-corrected chi connectivity index (χ4v) is 3.99. The highest BCUT2D eigenvalue weighted by Crippen LogP contribution is 2.26. The average Bonchev–Trinajstić information content (AvgIpc) is 3.24. The third-order valence-electron chi connectivity index (χ3n) is 5.46. The molecule has 0 radical (unpaired) electrons. The van der Waals surface area contributed by atoms with Gasteiger partial charge in [-0.2, -0.15) is 4.68 Å². The van der Waals surface area contributed by atoms with Crippen molar-refractivity contribution < 1.29 is 4.74 Å². The predicted molar refractivity (Wildman–Crippen MR) is 112 cm³/mol. The van der Waals surface area contributed by atoms with Crippen molar-refractivity contribution in [2.24, 2.45) is 0 Å². The number of ether oxygens (including phenoxy) is 1. The van der Waals surface area contributed by atoms with Gasteiger partial charge in [0.15, 0.2) is 5.82 Å². The molecule has 1 aliphatic rings. The minimum atomic E-state index is 0.132. The Balaban J connectivity index is 1.41. The molecule has 1 unspecified atom stereocenters. The Morgan fingerprint density at radius 3 is 2.55 bits per heavy atom. The van der Waals surface area contributed by atoms with Crippen LogP contribution in [-0.4, -0.2) is 63.3 Å². The van der Waals surface area contributed by atoms with Crippen molar-refractivity contribution in [3.63, 3.8) is 0 Å². The summed E-state index contributed by atoms with van der Waals surface area (Å²) in [5.41, 5.74) is 2.10. The van der Waals surface area contributed by atoms with Crippen molar-refractivity contribution in [2.45, 2.75) is 19.5 Å². The van der Waals surface area contributed by atoms with Gasteiger partial charge in [0.2, 0.25) is 0 Å². The number of nitrogens with zero attached hydrogens (tertiary/aromatic N) is 6. The summed E-state index contributed by atoms with van der Waals surface area (Å²) in [5.74, 6) is 1.74. The van der Waals surface area contributed by atoms with Gasteiger partial charge in [0.25, 0.3) is 0 Å². The molecule has 2 aromatic carbocycles. The quantitative estimate of drug-likeness (QED) is 0.619. The van der Waals surface area contributed by atoms with Crippen LogP contribution in [0.15, 0.2) is 48.5 Å². The minimum Gasteiger partial charge on any atom is -0.496 e. The van der Waals surface area contributed by atoms with E-state index in [0.717, 1.165) is 60.6 Å². The number of tetrazole rings is 1. The van der Waals surface area contributed by atoms with Crippen LogP contribution >= 0.6 is 11.6 Å². The number of para-hydroxylation sites is 1. The molecule has 1 atom stereocenters. The molecule has 1 aromatic heterocycles. The zero-order chi connectivity index (χ0) is 20.2. The smallest absolute Gasteiger partial charge is 0.173 e. The summed E-state index contributed by atoms with van der Waals surface area (Å²) >= 11 is 6.18. The van der Waals surface area contributed by atoms with Gasteiger partial charge in [-0.05, 0) is 47.7 Å². The highest BCUT2D eigenvalue weighted by Gasteiger charge is 2.26. The minimum absolute atomic E-state index is 0.132. The second-order valence-electron chi connectivity index (χ2n) is 7.23. The Morgan fingerprint density at radius 2 is 1.83 bits per heavy atom. The number of hydrogen-bond donors (Lipinski definition) is 0. The first-order valence-electron chi connectivity index (χ1n) is 9.78. The van der Waals surface area contributed by atoms with E-state index in [0.29, 0.717) is 0 Å². The van der Waals surface area contributed by atoms with Crippen LogP contribution in [0.1, 0.15) is 24.4 Å². The highest BCUT2D eigenvalue weighted by atomic mass is 35.5. The van der Waals surface area contributed by atoms with Gasteiger partial charge < -0.3 is 4.74 Å². The first kappa shape index (κ1) is 19.8. The molecule has 29 heavy (non-hydrogen) atoms. The molecule has 7 nitrogen and oxygen atoms in total. The van der Waals surface area contributed by atoms with Crippen molar-refractivity contribution >= 4 is 11.6 Å². The zero-order valence-electron chi connectivity index (χ0n) is 16.7. The van der Waals surface area contributed by atoms with Crippen LogP contribution in [0, 0.1) is 0 Å². The maximum absolute atomic E-state index is 6.18. The van der Waals surface area contributed by atoms with Crippen LogP contribution < -0.4 is 4.74 Å². The van der Waals surface area contributed by atoms with Crippen molar-refractivity contribution in [2.75, 3.05) is 33.3 Å². The number of hydrogen-bond acceptors (Lipinski definition) is 6. The van der Waals surface area contributed by atoms with Crippen LogP contribution in [0.3, 0.4) is 0 Å². The topological polar surface area (TPSA) is 59.3 Å². The summed E-state index contributed by atoms with van der Waals surface area (Å²) in [6, 6.07) is 15.9. The van der Waals surface area contributed by atoms with Crippen molar-refractivity contribution in [3.05, 3.63) is 64.9 Å². The number of methoxy groups -OCH3 is 1. The summed E-state index contributed by atoms with van der Waals surface area (Å²) in [6.07, 6.45) is 0.